The molecule has 1 amide bonds. The fraction of sp³-hybridized carbons (Fsp3) is 0.467. The van der Waals surface area contributed by atoms with Crippen LogP contribution in [-0.2, 0) is 4.79 Å². The molecule has 1 aromatic carbocycles. The van der Waals surface area contributed by atoms with Crippen LogP contribution in [0.3, 0.4) is 0 Å². The van der Waals surface area contributed by atoms with Gasteiger partial charge in [0.2, 0.25) is 0 Å². The summed E-state index contributed by atoms with van der Waals surface area (Å²) in [6.07, 6.45) is 6.58. The van der Waals surface area contributed by atoms with Crippen LogP contribution >= 0.6 is 0 Å². The van der Waals surface area contributed by atoms with E-state index in [2.05, 4.69) is 10.5 Å². The lowest BCUT2D eigenvalue weighted by molar-refractivity contribution is -0.123. The topological polar surface area (TPSA) is 50.7 Å². The van der Waals surface area contributed by atoms with E-state index in [4.69, 9.17) is 4.74 Å². The molecule has 0 aliphatic heterocycles. The minimum Gasteiger partial charge on any atom is -0.481 e. The average Bonchev–Trinajstić information content (AvgIpc) is 2.73. The van der Waals surface area contributed by atoms with E-state index in [1.807, 2.05) is 0 Å². The molecule has 1 fully saturated rings. The summed E-state index contributed by atoms with van der Waals surface area (Å²) in [5, 5.41) is 4.12. The lowest BCUT2D eigenvalue weighted by Crippen LogP contribution is -2.26. The summed E-state index contributed by atoms with van der Waals surface area (Å²) in [7, 11) is 0. The summed E-state index contributed by atoms with van der Waals surface area (Å²) in [6.45, 7) is -0.238. The highest BCUT2D eigenvalue weighted by molar-refractivity contribution is 5.86. The Hall–Kier alpha value is -1.91. The van der Waals surface area contributed by atoms with Crippen molar-refractivity contribution in [3.8, 4) is 5.75 Å². The number of para-hydroxylation sites is 1. The van der Waals surface area contributed by atoms with Crippen LogP contribution in [0.15, 0.2) is 29.4 Å². The van der Waals surface area contributed by atoms with Crippen LogP contribution < -0.4 is 10.2 Å². The van der Waals surface area contributed by atoms with Crippen LogP contribution in [0, 0.1) is 5.82 Å². The minimum atomic E-state index is -0.476. The number of carbonyl (C=O) groups is 1. The van der Waals surface area contributed by atoms with Crippen molar-refractivity contribution >= 4 is 11.6 Å². The van der Waals surface area contributed by atoms with E-state index in [1.165, 1.54) is 25.0 Å². The van der Waals surface area contributed by atoms with Gasteiger partial charge in [0.25, 0.3) is 5.91 Å². The molecule has 0 atom stereocenters. The third kappa shape index (κ3) is 4.64. The first kappa shape index (κ1) is 14.5. The number of hydrogen-bond donors (Lipinski definition) is 1. The van der Waals surface area contributed by atoms with Crippen molar-refractivity contribution in [3.05, 3.63) is 30.1 Å². The first-order valence-electron chi connectivity index (χ1n) is 6.97. The van der Waals surface area contributed by atoms with Gasteiger partial charge in [-0.25, -0.2) is 9.82 Å². The second-order valence-electron chi connectivity index (χ2n) is 4.85. The van der Waals surface area contributed by atoms with Crippen molar-refractivity contribution in [1.82, 2.24) is 5.43 Å². The van der Waals surface area contributed by atoms with Crippen molar-refractivity contribution in [3.63, 3.8) is 0 Å². The largest absolute Gasteiger partial charge is 0.481 e. The number of nitrogens with one attached hydrogen (secondary N) is 1. The monoisotopic (exact) mass is 278 g/mol. The van der Waals surface area contributed by atoms with Gasteiger partial charge in [-0.3, -0.25) is 4.79 Å². The molecule has 4 nitrogen and oxygen atoms in total. The average molecular weight is 278 g/mol. The van der Waals surface area contributed by atoms with Crippen molar-refractivity contribution in [2.75, 3.05) is 6.61 Å². The zero-order valence-corrected chi connectivity index (χ0v) is 11.4. The molecule has 2 rings (SSSR count). The number of ether oxygens (including phenoxy) is 1. The highest BCUT2D eigenvalue weighted by atomic mass is 19.1. The number of nitrogens with zero attached hydrogens (tertiary/aromatic N) is 1. The third-order valence-corrected chi connectivity index (χ3v) is 3.21. The molecular weight excluding hydrogens is 259 g/mol. The van der Waals surface area contributed by atoms with Gasteiger partial charge in [0.05, 0.1) is 0 Å². The maximum absolute atomic E-state index is 13.3. The number of hydrogen-bond acceptors (Lipinski definition) is 3. The number of amides is 1. The van der Waals surface area contributed by atoms with Crippen LogP contribution in [0.2, 0.25) is 0 Å². The van der Waals surface area contributed by atoms with E-state index in [-0.39, 0.29) is 18.3 Å². The van der Waals surface area contributed by atoms with Crippen LogP contribution in [0.4, 0.5) is 4.39 Å². The summed E-state index contributed by atoms with van der Waals surface area (Å²) in [5.74, 6) is -0.773. The van der Waals surface area contributed by atoms with Gasteiger partial charge >= 0.3 is 0 Å². The van der Waals surface area contributed by atoms with E-state index in [1.54, 1.807) is 12.1 Å². The van der Waals surface area contributed by atoms with Crippen molar-refractivity contribution in [2.45, 2.75) is 38.5 Å². The smallest absolute Gasteiger partial charge is 0.277 e. The molecule has 108 valence electrons. The standard InChI is InChI=1S/C15H19FN2O2/c16-13-9-5-6-10-14(13)20-11-15(19)18-17-12-7-3-1-2-4-8-12/h5-6,9-10H,1-4,7-8,11H2,(H,18,19). The van der Waals surface area contributed by atoms with E-state index in [9.17, 15) is 9.18 Å². The van der Waals surface area contributed by atoms with Crippen LogP contribution in [0.1, 0.15) is 38.5 Å². The molecule has 1 saturated carbocycles. The molecule has 5 heteroatoms. The first-order valence-corrected chi connectivity index (χ1v) is 6.97. The highest BCUT2D eigenvalue weighted by Gasteiger charge is 2.08. The second kappa shape index (κ2) is 7.62. The Morgan fingerprint density at radius 1 is 1.20 bits per heavy atom. The molecule has 1 N–H and O–H groups in total. The lowest BCUT2D eigenvalue weighted by Gasteiger charge is -2.06. The van der Waals surface area contributed by atoms with Crippen LogP contribution in [0.25, 0.3) is 0 Å². The summed E-state index contributed by atoms with van der Waals surface area (Å²) in [6, 6.07) is 6.00. The Morgan fingerprint density at radius 3 is 2.60 bits per heavy atom. The zero-order valence-electron chi connectivity index (χ0n) is 11.4. The zero-order chi connectivity index (χ0) is 14.2. The summed E-state index contributed by atoms with van der Waals surface area (Å²) < 4.78 is 18.4. The minimum absolute atomic E-state index is 0.0739. The van der Waals surface area contributed by atoms with Gasteiger partial charge in [0.1, 0.15) is 0 Å². The molecule has 0 saturated heterocycles. The SMILES string of the molecule is O=C(COc1ccccc1F)NN=C1CCCCCC1. The fourth-order valence-electron chi connectivity index (χ4n) is 2.13. The molecule has 0 bridgehead atoms. The quantitative estimate of drug-likeness (QED) is 0.680. The summed E-state index contributed by atoms with van der Waals surface area (Å²) >= 11 is 0. The van der Waals surface area contributed by atoms with Gasteiger partial charge < -0.3 is 4.74 Å². The van der Waals surface area contributed by atoms with Crippen molar-refractivity contribution in [1.29, 1.82) is 0 Å². The predicted molar refractivity (Wildman–Crippen MR) is 75.2 cm³/mol. The van der Waals surface area contributed by atoms with E-state index in [0.29, 0.717) is 0 Å². The summed E-state index contributed by atoms with van der Waals surface area (Å²) in [5.41, 5.74) is 3.50. The molecular formula is C15H19FN2O2. The van der Waals surface area contributed by atoms with Gasteiger partial charge in [-0.1, -0.05) is 25.0 Å². The number of rotatable bonds is 4. The molecule has 0 spiro atoms. The normalized spacial score (nSPS) is 15.3. The molecule has 1 aliphatic carbocycles. The Bertz CT molecular complexity index is 479. The molecule has 0 heterocycles. The van der Waals surface area contributed by atoms with Gasteiger partial charge in [-0.05, 0) is 37.8 Å². The molecule has 0 radical (unpaired) electrons. The molecule has 0 aromatic heterocycles. The maximum atomic E-state index is 13.3. The Balaban J connectivity index is 1.78. The number of benzene rings is 1. The number of hydrazone groups is 1. The molecule has 20 heavy (non-hydrogen) atoms. The Kier molecular flexibility index (Phi) is 5.53. The number of halogens is 1. The fourth-order valence-corrected chi connectivity index (χ4v) is 2.13. The molecule has 0 unspecified atom stereocenters. The van der Waals surface area contributed by atoms with Crippen LogP contribution in [0.5, 0.6) is 5.75 Å². The van der Waals surface area contributed by atoms with Crippen molar-refractivity contribution < 1.29 is 13.9 Å². The lowest BCUT2D eigenvalue weighted by atomic mass is 10.2. The van der Waals surface area contributed by atoms with Gasteiger partial charge in [0, 0.05) is 5.71 Å². The Labute approximate surface area is 118 Å². The third-order valence-electron chi connectivity index (χ3n) is 3.21. The van der Waals surface area contributed by atoms with Crippen molar-refractivity contribution in [2.24, 2.45) is 5.10 Å². The van der Waals surface area contributed by atoms with Crippen LogP contribution in [-0.4, -0.2) is 18.2 Å². The first-order chi connectivity index (χ1) is 9.75. The van der Waals surface area contributed by atoms with E-state index in [0.717, 1.165) is 31.4 Å². The van der Waals surface area contributed by atoms with Gasteiger partial charge in [-0.15, -0.1) is 0 Å². The van der Waals surface area contributed by atoms with Gasteiger partial charge in [-0.2, -0.15) is 5.10 Å². The van der Waals surface area contributed by atoms with E-state index < -0.39 is 5.82 Å². The van der Waals surface area contributed by atoms with E-state index >= 15 is 0 Å². The number of carbonyl (C=O) groups excluding carboxylic acids is 1. The Morgan fingerprint density at radius 2 is 1.90 bits per heavy atom. The predicted octanol–water partition coefficient (Wildman–Crippen LogP) is 3.03. The highest BCUT2D eigenvalue weighted by Crippen LogP contribution is 2.15. The summed E-state index contributed by atoms with van der Waals surface area (Å²) in [4.78, 5) is 11.6. The maximum Gasteiger partial charge on any atom is 0.277 e. The second-order valence-corrected chi connectivity index (χ2v) is 4.85. The molecule has 1 aromatic rings. The van der Waals surface area contributed by atoms with Gasteiger partial charge in [0.15, 0.2) is 18.2 Å². The molecule has 1 aliphatic rings.